The number of anilines is 1. The molecule has 1 aromatic carbocycles. The van der Waals surface area contributed by atoms with Crippen LogP contribution in [0.2, 0.25) is 0 Å². The van der Waals surface area contributed by atoms with Gasteiger partial charge in [0.1, 0.15) is 6.61 Å². The highest BCUT2D eigenvalue weighted by atomic mass is 16.5. The number of ether oxygens (including phenoxy) is 1. The van der Waals surface area contributed by atoms with E-state index in [-0.39, 0.29) is 5.78 Å². The summed E-state index contributed by atoms with van der Waals surface area (Å²) >= 11 is 0. The smallest absolute Gasteiger partial charge is 0.172 e. The Morgan fingerprint density at radius 3 is 3.00 bits per heavy atom. The second-order valence-corrected chi connectivity index (χ2v) is 5.07. The molecule has 1 aromatic heterocycles. The maximum atomic E-state index is 12.5. The van der Waals surface area contributed by atoms with Gasteiger partial charge < -0.3 is 10.1 Å². The number of carbonyl (C=O) groups is 1. The number of benzene rings is 1. The van der Waals surface area contributed by atoms with Crippen LogP contribution in [0.3, 0.4) is 0 Å². The van der Waals surface area contributed by atoms with E-state index in [2.05, 4.69) is 17.2 Å². The van der Waals surface area contributed by atoms with Gasteiger partial charge in [-0.05, 0) is 30.2 Å². The summed E-state index contributed by atoms with van der Waals surface area (Å²) in [5.41, 5.74) is 3.48. The number of aryl methyl sites for hydroxylation is 1. The molecule has 0 saturated carbocycles. The van der Waals surface area contributed by atoms with E-state index < -0.39 is 0 Å². The van der Waals surface area contributed by atoms with Crippen LogP contribution in [0.4, 0.5) is 5.69 Å². The van der Waals surface area contributed by atoms with Crippen LogP contribution in [0.15, 0.2) is 36.5 Å². The normalized spacial score (nSPS) is 13.0. The molecule has 0 atom stereocenters. The fourth-order valence-corrected chi connectivity index (χ4v) is 2.42. The van der Waals surface area contributed by atoms with Crippen molar-refractivity contribution < 1.29 is 9.53 Å². The number of rotatable bonds is 4. The maximum Gasteiger partial charge on any atom is 0.172 e. The van der Waals surface area contributed by atoms with Crippen molar-refractivity contribution in [2.75, 3.05) is 18.5 Å². The third-order valence-corrected chi connectivity index (χ3v) is 3.62. The number of para-hydroxylation sites is 1. The highest BCUT2D eigenvalue weighted by Gasteiger charge is 2.19. The minimum Gasteiger partial charge on any atom is -0.489 e. The first-order chi connectivity index (χ1) is 10.3. The molecule has 2 aromatic rings. The molecule has 21 heavy (non-hydrogen) atoms. The lowest BCUT2D eigenvalue weighted by atomic mass is 10.0. The van der Waals surface area contributed by atoms with Crippen molar-refractivity contribution in [2.24, 2.45) is 0 Å². The molecular formula is C17H18N2O2. The quantitative estimate of drug-likeness (QED) is 0.876. The van der Waals surface area contributed by atoms with E-state index in [1.165, 1.54) is 5.56 Å². The van der Waals surface area contributed by atoms with Crippen LogP contribution in [0.25, 0.3) is 0 Å². The third kappa shape index (κ3) is 2.89. The van der Waals surface area contributed by atoms with E-state index in [4.69, 9.17) is 4.74 Å². The summed E-state index contributed by atoms with van der Waals surface area (Å²) in [5, 5.41) is 3.24. The molecule has 0 spiro atoms. The van der Waals surface area contributed by atoms with Crippen LogP contribution in [-0.4, -0.2) is 23.9 Å². The van der Waals surface area contributed by atoms with E-state index in [9.17, 15) is 4.79 Å². The molecule has 0 fully saturated rings. The number of aromatic nitrogens is 1. The summed E-state index contributed by atoms with van der Waals surface area (Å²) in [6.45, 7) is 3.44. The van der Waals surface area contributed by atoms with Gasteiger partial charge in [0.2, 0.25) is 0 Å². The number of pyridine rings is 1. The first-order valence-electron chi connectivity index (χ1n) is 7.24. The van der Waals surface area contributed by atoms with E-state index >= 15 is 0 Å². The first-order valence-corrected chi connectivity index (χ1v) is 7.24. The Kier molecular flexibility index (Phi) is 3.86. The number of nitrogens with zero attached hydrogens (tertiary/aromatic N) is 1. The Bertz CT molecular complexity index is 650. The summed E-state index contributed by atoms with van der Waals surface area (Å²) in [5.74, 6) is 0.700. The van der Waals surface area contributed by atoms with Crippen molar-refractivity contribution in [3.05, 3.63) is 53.3 Å². The van der Waals surface area contributed by atoms with Gasteiger partial charge in [-0.25, -0.2) is 0 Å². The van der Waals surface area contributed by atoms with Crippen LogP contribution >= 0.6 is 0 Å². The number of hydrogen-bond donors (Lipinski definition) is 1. The number of fused-ring (bicyclic) bond motifs is 1. The zero-order chi connectivity index (χ0) is 14.7. The summed E-state index contributed by atoms with van der Waals surface area (Å²) in [4.78, 5) is 16.8. The summed E-state index contributed by atoms with van der Waals surface area (Å²) in [6, 6.07) is 9.56. The van der Waals surface area contributed by atoms with Crippen LogP contribution in [0, 0.1) is 0 Å². The van der Waals surface area contributed by atoms with Gasteiger partial charge in [-0.3, -0.25) is 9.78 Å². The standard InChI is InChI=1S/C17H18N2O2/c1-2-12-6-7-13(19-11-12)10-16(20)14-4-3-5-15-17(14)21-9-8-18-15/h3-7,11,18H,2,8-10H2,1H3. The number of ketones is 1. The van der Waals surface area contributed by atoms with Gasteiger partial charge in [0, 0.05) is 18.4 Å². The molecule has 0 unspecified atom stereocenters. The number of hydrogen-bond acceptors (Lipinski definition) is 4. The lowest BCUT2D eigenvalue weighted by Gasteiger charge is -2.21. The second-order valence-electron chi connectivity index (χ2n) is 5.07. The van der Waals surface area contributed by atoms with Gasteiger partial charge in [-0.2, -0.15) is 0 Å². The van der Waals surface area contributed by atoms with Gasteiger partial charge in [0.15, 0.2) is 11.5 Å². The predicted octanol–water partition coefficient (Wildman–Crippen LogP) is 2.87. The van der Waals surface area contributed by atoms with Crippen molar-refractivity contribution in [3.8, 4) is 5.75 Å². The summed E-state index contributed by atoms with van der Waals surface area (Å²) < 4.78 is 5.65. The van der Waals surface area contributed by atoms with Crippen molar-refractivity contribution >= 4 is 11.5 Å². The SMILES string of the molecule is CCc1ccc(CC(=O)c2cccc3c2OCCN3)nc1. The molecule has 0 bridgehead atoms. The molecule has 1 N–H and O–H groups in total. The molecule has 4 nitrogen and oxygen atoms in total. The van der Waals surface area contributed by atoms with Gasteiger partial charge in [-0.15, -0.1) is 0 Å². The van der Waals surface area contributed by atoms with Crippen molar-refractivity contribution in [3.63, 3.8) is 0 Å². The van der Waals surface area contributed by atoms with Gasteiger partial charge in [0.05, 0.1) is 17.7 Å². The topological polar surface area (TPSA) is 51.2 Å². The Morgan fingerprint density at radius 2 is 2.24 bits per heavy atom. The molecule has 0 saturated heterocycles. The molecule has 108 valence electrons. The van der Waals surface area contributed by atoms with Crippen molar-refractivity contribution in [1.82, 2.24) is 4.98 Å². The maximum absolute atomic E-state index is 12.5. The molecule has 0 radical (unpaired) electrons. The Morgan fingerprint density at radius 1 is 1.33 bits per heavy atom. The molecular weight excluding hydrogens is 264 g/mol. The van der Waals surface area contributed by atoms with E-state index in [1.807, 2.05) is 36.5 Å². The second kappa shape index (κ2) is 5.95. The van der Waals surface area contributed by atoms with E-state index in [1.54, 1.807) is 0 Å². The zero-order valence-electron chi connectivity index (χ0n) is 12.1. The average Bonchev–Trinajstić information content (AvgIpc) is 2.55. The highest BCUT2D eigenvalue weighted by molar-refractivity contribution is 6.01. The Hall–Kier alpha value is -2.36. The predicted molar refractivity (Wildman–Crippen MR) is 82.1 cm³/mol. The molecule has 1 aliphatic heterocycles. The fraction of sp³-hybridized carbons (Fsp3) is 0.294. The minimum absolute atomic E-state index is 0.0345. The largest absolute Gasteiger partial charge is 0.489 e. The van der Waals surface area contributed by atoms with Crippen LogP contribution < -0.4 is 10.1 Å². The third-order valence-electron chi connectivity index (χ3n) is 3.62. The van der Waals surface area contributed by atoms with Crippen molar-refractivity contribution in [2.45, 2.75) is 19.8 Å². The number of carbonyl (C=O) groups excluding carboxylic acids is 1. The fourth-order valence-electron chi connectivity index (χ4n) is 2.42. The molecule has 2 heterocycles. The van der Waals surface area contributed by atoms with E-state index in [0.29, 0.717) is 24.3 Å². The molecule has 0 amide bonds. The minimum atomic E-state index is 0.0345. The lowest BCUT2D eigenvalue weighted by molar-refractivity contribution is 0.0988. The van der Waals surface area contributed by atoms with Gasteiger partial charge in [0.25, 0.3) is 0 Å². The van der Waals surface area contributed by atoms with Crippen LogP contribution in [-0.2, 0) is 12.8 Å². The van der Waals surface area contributed by atoms with Crippen LogP contribution in [0.1, 0.15) is 28.5 Å². The molecule has 3 rings (SSSR count). The van der Waals surface area contributed by atoms with Gasteiger partial charge in [-0.1, -0.05) is 19.1 Å². The average molecular weight is 282 g/mol. The number of nitrogens with one attached hydrogen (secondary N) is 1. The summed E-state index contributed by atoms with van der Waals surface area (Å²) in [6.07, 6.45) is 3.08. The molecule has 1 aliphatic rings. The summed E-state index contributed by atoms with van der Waals surface area (Å²) in [7, 11) is 0. The van der Waals surface area contributed by atoms with Crippen molar-refractivity contribution in [1.29, 1.82) is 0 Å². The highest BCUT2D eigenvalue weighted by Crippen LogP contribution is 2.31. The number of Topliss-reactive ketones (excluding diaryl/α,β-unsaturated/α-hetero) is 1. The lowest BCUT2D eigenvalue weighted by Crippen LogP contribution is -2.20. The zero-order valence-corrected chi connectivity index (χ0v) is 12.1. The monoisotopic (exact) mass is 282 g/mol. The molecule has 0 aliphatic carbocycles. The van der Waals surface area contributed by atoms with Crippen LogP contribution in [0.5, 0.6) is 5.75 Å². The Balaban J connectivity index is 1.82. The first kappa shape index (κ1) is 13.6. The molecule has 4 heteroatoms. The van der Waals surface area contributed by atoms with Gasteiger partial charge >= 0.3 is 0 Å². The Labute approximate surface area is 124 Å². The van der Waals surface area contributed by atoms with E-state index in [0.717, 1.165) is 24.3 Å².